The van der Waals surface area contributed by atoms with Gasteiger partial charge in [0.25, 0.3) is 0 Å². The van der Waals surface area contributed by atoms with Crippen LogP contribution in [0.3, 0.4) is 0 Å². The summed E-state index contributed by atoms with van der Waals surface area (Å²) in [6, 6.07) is 0. The van der Waals surface area contributed by atoms with E-state index in [1.807, 2.05) is 18.7 Å². The van der Waals surface area contributed by atoms with Gasteiger partial charge in [0.2, 0.25) is 0 Å². The third-order valence-corrected chi connectivity index (χ3v) is 5.85. The molecular weight excluding hydrogens is 260 g/mol. The summed E-state index contributed by atoms with van der Waals surface area (Å²) in [4.78, 5) is 4.37. The number of nitrogens with zero attached hydrogens (tertiary/aromatic N) is 2. The first-order valence-corrected chi connectivity index (χ1v) is 7.75. The third-order valence-electron chi connectivity index (χ3n) is 2.90. The van der Waals surface area contributed by atoms with Crippen molar-refractivity contribution in [1.82, 2.24) is 9.36 Å². The van der Waals surface area contributed by atoms with Crippen LogP contribution in [0.5, 0.6) is 0 Å². The van der Waals surface area contributed by atoms with Crippen molar-refractivity contribution in [3.05, 3.63) is 5.82 Å². The van der Waals surface area contributed by atoms with Gasteiger partial charge in [-0.2, -0.15) is 17.0 Å². The summed E-state index contributed by atoms with van der Waals surface area (Å²) in [6.07, 6.45) is 2.22. The van der Waals surface area contributed by atoms with Crippen molar-refractivity contribution < 1.29 is 4.74 Å². The molecule has 2 heterocycles. The number of ether oxygens (including phenoxy) is 1. The molecule has 90 valence electrons. The molecule has 16 heavy (non-hydrogen) atoms. The lowest BCUT2D eigenvalue weighted by molar-refractivity contribution is 0.0371. The minimum absolute atomic E-state index is 0.325. The smallest absolute Gasteiger partial charge is 0.170 e. The average molecular weight is 276 g/mol. The predicted molar refractivity (Wildman–Crippen MR) is 71.7 cm³/mol. The van der Waals surface area contributed by atoms with Gasteiger partial charge in [-0.3, -0.25) is 0 Å². The van der Waals surface area contributed by atoms with E-state index >= 15 is 0 Å². The van der Waals surface area contributed by atoms with Gasteiger partial charge in [-0.15, -0.1) is 0 Å². The van der Waals surface area contributed by atoms with E-state index in [1.54, 1.807) is 0 Å². The van der Waals surface area contributed by atoms with E-state index < -0.39 is 0 Å². The van der Waals surface area contributed by atoms with E-state index in [4.69, 9.17) is 4.74 Å². The molecule has 1 saturated heterocycles. The number of hydrogen-bond acceptors (Lipinski definition) is 6. The fraction of sp³-hybridized carbons (Fsp3) is 0.800. The number of thioether (sulfide) groups is 1. The molecule has 0 unspecified atom stereocenters. The molecule has 0 radical (unpaired) electrons. The van der Waals surface area contributed by atoms with Gasteiger partial charge in [0.1, 0.15) is 5.82 Å². The summed E-state index contributed by atoms with van der Waals surface area (Å²) in [5.74, 6) is 2.88. The minimum atomic E-state index is 0.325. The zero-order valence-corrected chi connectivity index (χ0v) is 11.8. The summed E-state index contributed by atoms with van der Waals surface area (Å²) in [5, 5.41) is 0. The molecule has 0 saturated carbocycles. The highest BCUT2D eigenvalue weighted by molar-refractivity contribution is 8.01. The Bertz CT molecular complexity index is 337. The van der Waals surface area contributed by atoms with Gasteiger partial charge in [0.15, 0.2) is 4.34 Å². The Balaban J connectivity index is 1.91. The van der Waals surface area contributed by atoms with Crippen LogP contribution in [0.15, 0.2) is 4.34 Å². The molecule has 0 bridgehead atoms. The monoisotopic (exact) mass is 276 g/mol. The molecule has 6 heteroatoms. The van der Waals surface area contributed by atoms with Crippen LogP contribution in [0, 0.1) is 12.3 Å². The summed E-state index contributed by atoms with van der Waals surface area (Å²) in [7, 11) is 0. The zero-order chi connectivity index (χ0) is 11.4. The van der Waals surface area contributed by atoms with E-state index in [1.165, 1.54) is 11.5 Å². The van der Waals surface area contributed by atoms with Gasteiger partial charge in [0.05, 0.1) is 0 Å². The van der Waals surface area contributed by atoms with Gasteiger partial charge in [-0.1, -0.05) is 11.8 Å². The summed E-state index contributed by atoms with van der Waals surface area (Å²) in [6.45, 7) is 3.68. The maximum atomic E-state index is 5.41. The molecule has 1 aromatic heterocycles. The fourth-order valence-corrected chi connectivity index (χ4v) is 4.22. The van der Waals surface area contributed by atoms with Crippen LogP contribution in [0.4, 0.5) is 0 Å². The largest absolute Gasteiger partial charge is 0.381 e. The highest BCUT2D eigenvalue weighted by Gasteiger charge is 2.31. The quantitative estimate of drug-likeness (QED) is 0.677. The lowest BCUT2D eigenvalue weighted by Crippen LogP contribution is -2.33. The topological polar surface area (TPSA) is 35.0 Å². The van der Waals surface area contributed by atoms with Gasteiger partial charge in [0, 0.05) is 19.0 Å². The lowest BCUT2D eigenvalue weighted by Gasteiger charge is -2.35. The Morgan fingerprint density at radius 2 is 2.25 bits per heavy atom. The molecule has 1 aliphatic rings. The Morgan fingerprint density at radius 3 is 2.81 bits per heavy atom. The SMILES string of the molecule is Cc1nsc(SCC2(CS)CCOCC2)n1. The van der Waals surface area contributed by atoms with Crippen molar-refractivity contribution in [2.75, 3.05) is 24.7 Å². The Hall–Kier alpha value is 0.220. The number of hydrogen-bond donors (Lipinski definition) is 1. The molecule has 2 rings (SSSR count). The molecule has 1 aromatic rings. The molecule has 0 aliphatic carbocycles. The maximum Gasteiger partial charge on any atom is 0.170 e. The van der Waals surface area contributed by atoms with Crippen LogP contribution >= 0.6 is 35.9 Å². The van der Waals surface area contributed by atoms with Crippen molar-refractivity contribution in [3.63, 3.8) is 0 Å². The number of thiol groups is 1. The molecular formula is C10H16N2OS3. The maximum absolute atomic E-state index is 5.41. The molecule has 0 amide bonds. The first-order chi connectivity index (χ1) is 7.74. The standard InChI is InChI=1S/C10H16N2OS3/c1-8-11-9(16-12-8)15-7-10(6-14)2-4-13-5-3-10/h14H,2-7H2,1H3. The molecule has 0 N–H and O–H groups in total. The van der Waals surface area contributed by atoms with Crippen LogP contribution in [0.25, 0.3) is 0 Å². The second-order valence-corrected chi connectivity index (χ2v) is 6.46. The van der Waals surface area contributed by atoms with Gasteiger partial charge >= 0.3 is 0 Å². The summed E-state index contributed by atoms with van der Waals surface area (Å²) in [5.41, 5.74) is 0.325. The van der Waals surface area contributed by atoms with Crippen LogP contribution in [-0.4, -0.2) is 34.1 Å². The Morgan fingerprint density at radius 1 is 1.50 bits per heavy atom. The number of aryl methyl sites for hydroxylation is 1. The minimum Gasteiger partial charge on any atom is -0.381 e. The van der Waals surface area contributed by atoms with E-state index in [2.05, 4.69) is 22.0 Å². The molecule has 3 nitrogen and oxygen atoms in total. The fourth-order valence-electron chi connectivity index (χ4n) is 1.70. The molecule has 1 aliphatic heterocycles. The van der Waals surface area contributed by atoms with E-state index in [0.717, 1.165) is 47.7 Å². The molecule has 0 aromatic carbocycles. The van der Waals surface area contributed by atoms with Gasteiger partial charge < -0.3 is 4.74 Å². The van der Waals surface area contributed by atoms with E-state index in [9.17, 15) is 0 Å². The van der Waals surface area contributed by atoms with Crippen molar-refractivity contribution in [2.24, 2.45) is 5.41 Å². The van der Waals surface area contributed by atoms with Crippen molar-refractivity contribution in [1.29, 1.82) is 0 Å². The van der Waals surface area contributed by atoms with Crippen molar-refractivity contribution >= 4 is 35.9 Å². The average Bonchev–Trinajstić information content (AvgIpc) is 2.74. The van der Waals surface area contributed by atoms with Crippen LogP contribution in [0.1, 0.15) is 18.7 Å². The lowest BCUT2D eigenvalue weighted by atomic mass is 9.84. The van der Waals surface area contributed by atoms with Gasteiger partial charge in [-0.05, 0) is 42.5 Å². The first kappa shape index (κ1) is 12.7. The van der Waals surface area contributed by atoms with Crippen LogP contribution in [-0.2, 0) is 4.74 Å². The third kappa shape index (κ3) is 3.12. The van der Waals surface area contributed by atoms with E-state index in [0.29, 0.717) is 5.41 Å². The molecule has 1 fully saturated rings. The Labute approximate surface area is 110 Å². The summed E-state index contributed by atoms with van der Waals surface area (Å²) >= 11 is 7.80. The zero-order valence-electron chi connectivity index (χ0n) is 9.31. The molecule has 0 spiro atoms. The number of aromatic nitrogens is 2. The molecule has 0 atom stereocenters. The highest BCUT2D eigenvalue weighted by atomic mass is 32.2. The normalized spacial score (nSPS) is 19.9. The van der Waals surface area contributed by atoms with Gasteiger partial charge in [-0.25, -0.2) is 4.98 Å². The predicted octanol–water partition coefficient (Wildman–Crippen LogP) is 2.67. The van der Waals surface area contributed by atoms with E-state index in [-0.39, 0.29) is 0 Å². The second kappa shape index (κ2) is 5.71. The summed E-state index contributed by atoms with van der Waals surface area (Å²) < 4.78 is 10.7. The van der Waals surface area contributed by atoms with Crippen LogP contribution < -0.4 is 0 Å². The van der Waals surface area contributed by atoms with Crippen molar-refractivity contribution in [3.8, 4) is 0 Å². The second-order valence-electron chi connectivity index (χ2n) is 4.17. The van der Waals surface area contributed by atoms with Crippen LogP contribution in [0.2, 0.25) is 0 Å². The van der Waals surface area contributed by atoms with Crippen molar-refractivity contribution in [2.45, 2.75) is 24.1 Å². The first-order valence-electron chi connectivity index (χ1n) is 5.36. The Kier molecular flexibility index (Phi) is 4.52. The highest BCUT2D eigenvalue weighted by Crippen LogP contribution is 2.37. The number of rotatable bonds is 4.